The quantitative estimate of drug-likeness (QED) is 0.727. The Labute approximate surface area is 140 Å². The van der Waals surface area contributed by atoms with E-state index < -0.39 is 5.97 Å². The largest absolute Gasteiger partial charge is 0.478 e. The van der Waals surface area contributed by atoms with Crippen LogP contribution in [0.15, 0.2) is 40.8 Å². The van der Waals surface area contributed by atoms with Crippen molar-refractivity contribution in [2.45, 2.75) is 39.3 Å². The molecule has 0 spiro atoms. The smallest absolute Gasteiger partial charge is 0.335 e. The maximum absolute atomic E-state index is 11.9. The fraction of sp³-hybridized carbons (Fsp3) is 0.333. The van der Waals surface area contributed by atoms with Gasteiger partial charge in [-0.15, -0.1) is 0 Å². The van der Waals surface area contributed by atoms with Crippen LogP contribution in [0, 0.1) is 6.92 Å². The summed E-state index contributed by atoms with van der Waals surface area (Å²) in [6.07, 6.45) is 1.56. The highest BCUT2D eigenvalue weighted by Gasteiger charge is 2.09. The lowest BCUT2D eigenvalue weighted by molar-refractivity contribution is 0.0697. The number of hydrogen-bond donors (Lipinski definition) is 3. The van der Waals surface area contributed by atoms with Gasteiger partial charge in [0, 0.05) is 19.0 Å². The Hall–Kier alpha value is -2.76. The first-order chi connectivity index (χ1) is 11.4. The first-order valence-electron chi connectivity index (χ1n) is 7.86. The summed E-state index contributed by atoms with van der Waals surface area (Å²) in [7, 11) is 0. The zero-order valence-corrected chi connectivity index (χ0v) is 13.8. The molecule has 24 heavy (non-hydrogen) atoms. The molecule has 1 aromatic carbocycles. The summed E-state index contributed by atoms with van der Waals surface area (Å²) in [4.78, 5) is 22.7. The van der Waals surface area contributed by atoms with Crippen LogP contribution >= 0.6 is 0 Å². The Balaban J connectivity index is 1.71. The van der Waals surface area contributed by atoms with Crippen molar-refractivity contribution >= 4 is 12.0 Å². The van der Waals surface area contributed by atoms with Gasteiger partial charge in [-0.2, -0.15) is 0 Å². The van der Waals surface area contributed by atoms with Crippen LogP contribution in [0.4, 0.5) is 4.79 Å². The summed E-state index contributed by atoms with van der Waals surface area (Å²) in [5.41, 5.74) is 1.07. The van der Waals surface area contributed by atoms with Crippen molar-refractivity contribution in [1.29, 1.82) is 0 Å². The van der Waals surface area contributed by atoms with E-state index in [1.165, 1.54) is 12.1 Å². The van der Waals surface area contributed by atoms with E-state index in [-0.39, 0.29) is 17.6 Å². The topological polar surface area (TPSA) is 91.6 Å². The first kappa shape index (κ1) is 17.6. The molecule has 2 amide bonds. The number of aromatic carboxylic acids is 1. The standard InChI is InChI=1S/C18H22N2O4/c1-12(3-9-16-10-4-13(2)24-16)20-18(23)19-11-14-5-7-15(8-6-14)17(21)22/h4-8,10,12H,3,9,11H2,1-2H3,(H,21,22)(H2,19,20,23). The normalized spacial score (nSPS) is 11.8. The summed E-state index contributed by atoms with van der Waals surface area (Å²) < 4.78 is 5.50. The summed E-state index contributed by atoms with van der Waals surface area (Å²) >= 11 is 0. The molecule has 0 aliphatic rings. The predicted octanol–water partition coefficient (Wildman–Crippen LogP) is 3.11. The third-order valence-electron chi connectivity index (χ3n) is 3.65. The van der Waals surface area contributed by atoms with E-state index >= 15 is 0 Å². The number of amides is 2. The van der Waals surface area contributed by atoms with Gasteiger partial charge < -0.3 is 20.2 Å². The molecule has 128 valence electrons. The molecule has 2 rings (SSSR count). The molecule has 0 aliphatic carbocycles. The summed E-state index contributed by atoms with van der Waals surface area (Å²) in [6.45, 7) is 4.19. The summed E-state index contributed by atoms with van der Waals surface area (Å²) in [5, 5.41) is 14.5. The van der Waals surface area contributed by atoms with Crippen molar-refractivity contribution in [3.05, 3.63) is 59.0 Å². The van der Waals surface area contributed by atoms with Crippen molar-refractivity contribution in [3.8, 4) is 0 Å². The second-order valence-electron chi connectivity index (χ2n) is 5.78. The molecule has 1 atom stereocenters. The fourth-order valence-corrected chi connectivity index (χ4v) is 2.27. The fourth-order valence-electron chi connectivity index (χ4n) is 2.27. The number of rotatable bonds is 7. The molecule has 0 saturated heterocycles. The van der Waals surface area contributed by atoms with Crippen molar-refractivity contribution < 1.29 is 19.1 Å². The Bertz CT molecular complexity index is 691. The summed E-state index contributed by atoms with van der Waals surface area (Å²) in [5.74, 6) is 0.838. The van der Waals surface area contributed by atoms with E-state index in [4.69, 9.17) is 9.52 Å². The number of carbonyl (C=O) groups is 2. The lowest BCUT2D eigenvalue weighted by atomic mass is 10.1. The maximum Gasteiger partial charge on any atom is 0.335 e. The van der Waals surface area contributed by atoms with Gasteiger partial charge in [0.25, 0.3) is 0 Å². The van der Waals surface area contributed by atoms with E-state index in [0.717, 1.165) is 29.9 Å². The number of carboxylic acid groups (broad SMARTS) is 1. The Morgan fingerprint density at radius 3 is 2.46 bits per heavy atom. The SMILES string of the molecule is Cc1ccc(CCC(C)NC(=O)NCc2ccc(C(=O)O)cc2)o1. The molecule has 0 aliphatic heterocycles. The minimum Gasteiger partial charge on any atom is -0.478 e. The third kappa shape index (κ3) is 5.46. The van der Waals surface area contributed by atoms with Gasteiger partial charge in [0.15, 0.2) is 0 Å². The highest BCUT2D eigenvalue weighted by Crippen LogP contribution is 2.10. The van der Waals surface area contributed by atoms with Gasteiger partial charge in [-0.1, -0.05) is 12.1 Å². The van der Waals surface area contributed by atoms with Crippen LogP contribution in [0.5, 0.6) is 0 Å². The Morgan fingerprint density at radius 2 is 1.88 bits per heavy atom. The number of nitrogens with one attached hydrogen (secondary N) is 2. The number of furan rings is 1. The molecule has 0 saturated carbocycles. The highest BCUT2D eigenvalue weighted by molar-refractivity contribution is 5.87. The molecular formula is C18H22N2O4. The van der Waals surface area contributed by atoms with Crippen LogP contribution in [0.3, 0.4) is 0 Å². The lowest BCUT2D eigenvalue weighted by Crippen LogP contribution is -2.40. The number of carbonyl (C=O) groups excluding carboxylic acids is 1. The minimum atomic E-state index is -0.965. The van der Waals surface area contributed by atoms with Gasteiger partial charge in [0.05, 0.1) is 5.56 Å². The number of urea groups is 1. The van der Waals surface area contributed by atoms with Gasteiger partial charge in [-0.3, -0.25) is 0 Å². The zero-order chi connectivity index (χ0) is 17.5. The molecule has 3 N–H and O–H groups in total. The van der Waals surface area contributed by atoms with Gasteiger partial charge in [-0.05, 0) is 50.1 Å². The number of aryl methyl sites for hydroxylation is 2. The monoisotopic (exact) mass is 330 g/mol. The van der Waals surface area contributed by atoms with Gasteiger partial charge in [-0.25, -0.2) is 9.59 Å². The molecule has 1 aromatic heterocycles. The van der Waals surface area contributed by atoms with Crippen molar-refractivity contribution in [2.75, 3.05) is 0 Å². The Kier molecular flexibility index (Phi) is 6.01. The minimum absolute atomic E-state index is 0.0183. The number of hydrogen-bond acceptors (Lipinski definition) is 3. The third-order valence-corrected chi connectivity index (χ3v) is 3.65. The average Bonchev–Trinajstić information content (AvgIpc) is 2.97. The molecule has 6 nitrogen and oxygen atoms in total. The maximum atomic E-state index is 11.9. The van der Waals surface area contributed by atoms with E-state index in [9.17, 15) is 9.59 Å². The van der Waals surface area contributed by atoms with Gasteiger partial charge in [0.2, 0.25) is 0 Å². The molecule has 2 aromatic rings. The van der Waals surface area contributed by atoms with Gasteiger partial charge in [0.1, 0.15) is 11.5 Å². The second kappa shape index (κ2) is 8.19. The zero-order valence-electron chi connectivity index (χ0n) is 13.8. The van der Waals surface area contributed by atoms with Crippen LogP contribution < -0.4 is 10.6 Å². The van der Waals surface area contributed by atoms with E-state index in [1.54, 1.807) is 12.1 Å². The van der Waals surface area contributed by atoms with E-state index in [1.807, 2.05) is 26.0 Å². The second-order valence-corrected chi connectivity index (χ2v) is 5.78. The molecule has 0 bridgehead atoms. The van der Waals surface area contributed by atoms with Crippen LogP contribution in [0.2, 0.25) is 0 Å². The Morgan fingerprint density at radius 1 is 1.17 bits per heavy atom. The van der Waals surface area contributed by atoms with Crippen molar-refractivity contribution in [3.63, 3.8) is 0 Å². The van der Waals surface area contributed by atoms with Crippen LogP contribution in [0.25, 0.3) is 0 Å². The molecular weight excluding hydrogens is 308 g/mol. The predicted molar refractivity (Wildman–Crippen MR) is 90.0 cm³/mol. The number of carboxylic acids is 1. The molecule has 0 radical (unpaired) electrons. The number of benzene rings is 1. The van der Waals surface area contributed by atoms with E-state index in [0.29, 0.717) is 6.54 Å². The molecule has 0 fully saturated rings. The van der Waals surface area contributed by atoms with Crippen LogP contribution in [0.1, 0.15) is 40.8 Å². The van der Waals surface area contributed by atoms with Crippen molar-refractivity contribution in [2.24, 2.45) is 0 Å². The van der Waals surface area contributed by atoms with Crippen LogP contribution in [-0.2, 0) is 13.0 Å². The van der Waals surface area contributed by atoms with E-state index in [2.05, 4.69) is 10.6 Å². The molecule has 1 unspecified atom stereocenters. The summed E-state index contributed by atoms with van der Waals surface area (Å²) in [6, 6.07) is 10.1. The molecule has 1 heterocycles. The lowest BCUT2D eigenvalue weighted by Gasteiger charge is -2.14. The van der Waals surface area contributed by atoms with Crippen LogP contribution in [-0.4, -0.2) is 23.1 Å². The highest BCUT2D eigenvalue weighted by atomic mass is 16.4. The van der Waals surface area contributed by atoms with Gasteiger partial charge >= 0.3 is 12.0 Å². The first-order valence-corrected chi connectivity index (χ1v) is 7.86. The average molecular weight is 330 g/mol. The molecule has 6 heteroatoms. The van der Waals surface area contributed by atoms with Crippen molar-refractivity contribution in [1.82, 2.24) is 10.6 Å².